The molecule has 1 aromatic heterocycles. The van der Waals surface area contributed by atoms with E-state index in [1.54, 1.807) is 11.3 Å². The highest BCUT2D eigenvalue weighted by atomic mass is 32.1. The molecule has 0 saturated carbocycles. The Morgan fingerprint density at radius 3 is 2.63 bits per heavy atom. The average Bonchev–Trinajstić information content (AvgIpc) is 2.75. The molecule has 19 heavy (non-hydrogen) atoms. The first-order valence-electron chi connectivity index (χ1n) is 7.56. The van der Waals surface area contributed by atoms with Gasteiger partial charge in [0.25, 0.3) is 0 Å². The van der Waals surface area contributed by atoms with Crippen molar-refractivity contribution < 1.29 is 0 Å². The molecular formula is C15H27N3S. The lowest BCUT2D eigenvalue weighted by Gasteiger charge is -2.26. The van der Waals surface area contributed by atoms with Gasteiger partial charge in [0.05, 0.1) is 10.7 Å². The zero-order valence-electron chi connectivity index (χ0n) is 12.5. The number of hydrogen-bond donors (Lipinski definition) is 1. The number of aryl methyl sites for hydroxylation is 2. The summed E-state index contributed by atoms with van der Waals surface area (Å²) in [4.78, 5) is 8.58. The molecule has 0 spiro atoms. The smallest absolute Gasteiger partial charge is 0.0900 e. The zero-order chi connectivity index (χ0) is 13.7. The summed E-state index contributed by atoms with van der Waals surface area (Å²) in [5.41, 5.74) is 1.24. The van der Waals surface area contributed by atoms with E-state index in [9.17, 15) is 0 Å². The minimum Gasteiger partial charge on any atom is -0.309 e. The van der Waals surface area contributed by atoms with Crippen LogP contribution in [0.1, 0.15) is 54.2 Å². The highest BCUT2D eigenvalue weighted by Crippen LogP contribution is 2.22. The van der Waals surface area contributed by atoms with Crippen molar-refractivity contribution in [3.63, 3.8) is 0 Å². The molecule has 1 N–H and O–H groups in total. The molecular weight excluding hydrogens is 254 g/mol. The van der Waals surface area contributed by atoms with Crippen LogP contribution in [0, 0.1) is 13.8 Å². The van der Waals surface area contributed by atoms with Gasteiger partial charge in [0.1, 0.15) is 0 Å². The molecule has 1 aliphatic rings. The second-order valence-corrected chi connectivity index (χ2v) is 7.01. The van der Waals surface area contributed by atoms with Crippen molar-refractivity contribution in [3.05, 3.63) is 15.6 Å². The molecule has 1 atom stereocenters. The van der Waals surface area contributed by atoms with Crippen molar-refractivity contribution in [1.29, 1.82) is 0 Å². The van der Waals surface area contributed by atoms with E-state index in [1.165, 1.54) is 60.9 Å². The third-order valence-electron chi connectivity index (χ3n) is 3.90. The fourth-order valence-electron chi connectivity index (χ4n) is 2.85. The second kappa shape index (κ2) is 7.36. The monoisotopic (exact) mass is 281 g/mol. The summed E-state index contributed by atoms with van der Waals surface area (Å²) >= 11 is 1.80. The Kier molecular flexibility index (Phi) is 5.79. The predicted octanol–water partition coefficient (Wildman–Crippen LogP) is 3.29. The van der Waals surface area contributed by atoms with Crippen LogP contribution in [0.5, 0.6) is 0 Å². The molecule has 3 nitrogen and oxygen atoms in total. The van der Waals surface area contributed by atoms with Gasteiger partial charge in [0.15, 0.2) is 0 Å². The fourth-order valence-corrected chi connectivity index (χ4v) is 3.76. The highest BCUT2D eigenvalue weighted by Gasteiger charge is 2.13. The van der Waals surface area contributed by atoms with Crippen LogP contribution in [0.3, 0.4) is 0 Å². The van der Waals surface area contributed by atoms with Gasteiger partial charge in [-0.1, -0.05) is 6.42 Å². The van der Waals surface area contributed by atoms with E-state index in [0.717, 1.165) is 6.54 Å². The van der Waals surface area contributed by atoms with Crippen molar-refractivity contribution >= 4 is 11.3 Å². The Labute approximate surface area is 121 Å². The van der Waals surface area contributed by atoms with Crippen molar-refractivity contribution in [1.82, 2.24) is 15.2 Å². The number of hydrogen-bond acceptors (Lipinski definition) is 4. The normalized spacial score (nSPS) is 18.7. The zero-order valence-corrected chi connectivity index (χ0v) is 13.4. The molecule has 2 rings (SSSR count). The molecule has 1 unspecified atom stereocenters. The Morgan fingerprint density at radius 1 is 1.26 bits per heavy atom. The first kappa shape index (κ1) is 14.9. The van der Waals surface area contributed by atoms with Gasteiger partial charge in [-0.25, -0.2) is 4.98 Å². The lowest BCUT2D eigenvalue weighted by atomic mass is 10.1. The van der Waals surface area contributed by atoms with Crippen LogP contribution in [0.15, 0.2) is 0 Å². The van der Waals surface area contributed by atoms with E-state index in [1.807, 2.05) is 0 Å². The molecule has 0 radical (unpaired) electrons. The maximum absolute atomic E-state index is 4.62. The number of piperidine rings is 1. The number of nitrogens with one attached hydrogen (secondary N) is 1. The molecule has 0 bridgehead atoms. The van der Waals surface area contributed by atoms with Gasteiger partial charge >= 0.3 is 0 Å². The highest BCUT2D eigenvalue weighted by molar-refractivity contribution is 7.11. The molecule has 2 heterocycles. The Morgan fingerprint density at radius 2 is 2.00 bits per heavy atom. The first-order chi connectivity index (χ1) is 9.16. The van der Waals surface area contributed by atoms with Gasteiger partial charge in [-0.15, -0.1) is 11.3 Å². The van der Waals surface area contributed by atoms with Crippen molar-refractivity contribution in [2.24, 2.45) is 0 Å². The number of rotatable bonds is 6. The number of thiazole rings is 1. The Bertz CT molecular complexity index is 383. The Balaban J connectivity index is 1.66. The third-order valence-corrected chi connectivity index (χ3v) is 4.80. The van der Waals surface area contributed by atoms with Crippen molar-refractivity contribution in [2.45, 2.75) is 52.5 Å². The summed E-state index contributed by atoms with van der Waals surface area (Å²) in [5.74, 6) is 0. The summed E-state index contributed by atoms with van der Waals surface area (Å²) in [6, 6.07) is 0.381. The van der Waals surface area contributed by atoms with Crippen molar-refractivity contribution in [3.8, 4) is 0 Å². The Hall–Kier alpha value is -0.450. The van der Waals surface area contributed by atoms with Gasteiger partial charge in [-0.3, -0.25) is 0 Å². The third kappa shape index (κ3) is 4.55. The summed E-state index contributed by atoms with van der Waals surface area (Å²) in [5, 5.41) is 4.79. The van der Waals surface area contributed by atoms with Crippen molar-refractivity contribution in [2.75, 3.05) is 26.2 Å². The van der Waals surface area contributed by atoms with Crippen LogP contribution in [-0.4, -0.2) is 36.1 Å². The molecule has 108 valence electrons. The standard InChI is InChI=1S/C15H27N3S/c1-12(15-13(2)19-14(3)17-15)16-8-7-11-18-9-5-4-6-10-18/h12,16H,4-11H2,1-3H3. The fraction of sp³-hybridized carbons (Fsp3) is 0.800. The summed E-state index contributed by atoms with van der Waals surface area (Å²) < 4.78 is 0. The number of aromatic nitrogens is 1. The molecule has 1 saturated heterocycles. The lowest BCUT2D eigenvalue weighted by Crippen LogP contribution is -2.32. The van der Waals surface area contributed by atoms with Crippen LogP contribution in [0.2, 0.25) is 0 Å². The van der Waals surface area contributed by atoms with Gasteiger partial charge in [-0.2, -0.15) is 0 Å². The van der Waals surface area contributed by atoms with Crippen LogP contribution >= 0.6 is 11.3 Å². The summed E-state index contributed by atoms with van der Waals surface area (Å²) in [6.07, 6.45) is 5.45. The van der Waals surface area contributed by atoms with Crippen LogP contribution < -0.4 is 5.32 Å². The minimum atomic E-state index is 0.381. The topological polar surface area (TPSA) is 28.2 Å². The van der Waals surface area contributed by atoms with E-state index in [0.29, 0.717) is 6.04 Å². The second-order valence-electron chi connectivity index (χ2n) is 5.61. The maximum Gasteiger partial charge on any atom is 0.0900 e. The van der Waals surface area contributed by atoms with Gasteiger partial charge in [0, 0.05) is 10.9 Å². The lowest BCUT2D eigenvalue weighted by molar-refractivity contribution is 0.225. The van der Waals surface area contributed by atoms with E-state index in [-0.39, 0.29) is 0 Å². The van der Waals surface area contributed by atoms with Crippen LogP contribution in [-0.2, 0) is 0 Å². The summed E-state index contributed by atoms with van der Waals surface area (Å²) in [6.45, 7) is 11.4. The molecule has 1 fully saturated rings. The first-order valence-corrected chi connectivity index (χ1v) is 8.38. The van der Waals surface area contributed by atoms with E-state index < -0.39 is 0 Å². The van der Waals surface area contributed by atoms with E-state index in [4.69, 9.17) is 0 Å². The quantitative estimate of drug-likeness (QED) is 0.811. The number of likely N-dealkylation sites (tertiary alicyclic amines) is 1. The summed E-state index contributed by atoms with van der Waals surface area (Å²) in [7, 11) is 0. The molecule has 1 aromatic rings. The van der Waals surface area contributed by atoms with E-state index in [2.05, 4.69) is 36.0 Å². The molecule has 0 amide bonds. The molecule has 1 aliphatic heterocycles. The molecule has 0 aromatic carbocycles. The average molecular weight is 281 g/mol. The van der Waals surface area contributed by atoms with Crippen LogP contribution in [0.4, 0.5) is 0 Å². The maximum atomic E-state index is 4.62. The largest absolute Gasteiger partial charge is 0.309 e. The minimum absolute atomic E-state index is 0.381. The van der Waals surface area contributed by atoms with Gasteiger partial charge < -0.3 is 10.2 Å². The van der Waals surface area contributed by atoms with Gasteiger partial charge in [0.2, 0.25) is 0 Å². The van der Waals surface area contributed by atoms with Gasteiger partial charge in [-0.05, 0) is 66.2 Å². The van der Waals surface area contributed by atoms with E-state index >= 15 is 0 Å². The molecule has 0 aliphatic carbocycles. The number of nitrogens with zero attached hydrogens (tertiary/aromatic N) is 2. The van der Waals surface area contributed by atoms with Crippen LogP contribution in [0.25, 0.3) is 0 Å². The SMILES string of the molecule is Cc1nc(C(C)NCCCN2CCCCC2)c(C)s1. The predicted molar refractivity (Wildman–Crippen MR) is 82.9 cm³/mol. The molecule has 4 heteroatoms.